The quantitative estimate of drug-likeness (QED) is 0.667. The summed E-state index contributed by atoms with van der Waals surface area (Å²) in [7, 11) is 0. The fraction of sp³-hybridized carbons (Fsp3) is 0.167. The molecule has 0 aliphatic heterocycles. The Hall–Kier alpha value is -1.46. The first-order valence-electron chi connectivity index (χ1n) is 5.17. The van der Waals surface area contributed by atoms with Gasteiger partial charge in [-0.05, 0) is 11.6 Å². The molecule has 0 bridgehead atoms. The number of halogens is 1. The van der Waals surface area contributed by atoms with Gasteiger partial charge < -0.3 is 5.73 Å². The van der Waals surface area contributed by atoms with E-state index >= 15 is 0 Å². The van der Waals surface area contributed by atoms with E-state index in [1.165, 1.54) is 11.8 Å². The molecule has 1 aromatic heterocycles. The molecule has 0 atom stereocenters. The molecule has 3 nitrogen and oxygen atoms in total. The van der Waals surface area contributed by atoms with E-state index in [4.69, 9.17) is 5.73 Å². The van der Waals surface area contributed by atoms with Gasteiger partial charge in [0.2, 0.25) is 0 Å². The van der Waals surface area contributed by atoms with Crippen LogP contribution in [-0.2, 0) is 12.3 Å². The van der Waals surface area contributed by atoms with Crippen LogP contribution in [0.1, 0.15) is 11.1 Å². The van der Waals surface area contributed by atoms with Gasteiger partial charge in [-0.15, -0.1) is 0 Å². The van der Waals surface area contributed by atoms with Gasteiger partial charge in [-0.2, -0.15) is 0 Å². The molecular weight excluding hydrogens is 237 g/mol. The number of rotatable bonds is 4. The van der Waals surface area contributed by atoms with Crippen molar-refractivity contribution in [2.24, 2.45) is 5.73 Å². The van der Waals surface area contributed by atoms with Crippen LogP contribution in [0.25, 0.3) is 0 Å². The fourth-order valence-electron chi connectivity index (χ4n) is 1.40. The molecule has 0 aliphatic carbocycles. The maximum Gasteiger partial charge on any atom is 0.187 e. The smallest absolute Gasteiger partial charge is 0.187 e. The van der Waals surface area contributed by atoms with Crippen molar-refractivity contribution in [3.05, 3.63) is 53.6 Å². The van der Waals surface area contributed by atoms with Crippen LogP contribution < -0.4 is 5.73 Å². The number of aromatic nitrogens is 2. The molecule has 0 saturated heterocycles. The van der Waals surface area contributed by atoms with Crippen LogP contribution in [0.2, 0.25) is 0 Å². The summed E-state index contributed by atoms with van der Waals surface area (Å²) in [5, 5.41) is 0.644. The van der Waals surface area contributed by atoms with Crippen molar-refractivity contribution in [1.82, 2.24) is 9.97 Å². The Kier molecular flexibility index (Phi) is 4.06. The molecular formula is C12H12FN3S. The predicted molar refractivity (Wildman–Crippen MR) is 65.9 cm³/mol. The van der Waals surface area contributed by atoms with Gasteiger partial charge in [0.1, 0.15) is 5.82 Å². The van der Waals surface area contributed by atoms with Gasteiger partial charge >= 0.3 is 0 Å². The van der Waals surface area contributed by atoms with Crippen LogP contribution in [0, 0.1) is 5.82 Å². The number of nitrogens with zero attached hydrogens (tertiary/aromatic N) is 2. The molecule has 5 heteroatoms. The number of hydrogen-bond donors (Lipinski definition) is 1. The summed E-state index contributed by atoms with van der Waals surface area (Å²) in [4.78, 5) is 8.14. The van der Waals surface area contributed by atoms with Crippen molar-refractivity contribution >= 4 is 11.8 Å². The van der Waals surface area contributed by atoms with E-state index in [1.807, 2.05) is 6.07 Å². The molecule has 0 radical (unpaired) electrons. The minimum absolute atomic E-state index is 0.214. The Bertz CT molecular complexity index is 490. The number of benzene rings is 1. The van der Waals surface area contributed by atoms with Gasteiger partial charge in [-0.1, -0.05) is 30.0 Å². The summed E-state index contributed by atoms with van der Waals surface area (Å²) < 4.78 is 13.8. The molecule has 1 aromatic carbocycles. The highest BCUT2D eigenvalue weighted by Gasteiger charge is 2.07. The van der Waals surface area contributed by atoms with Crippen LogP contribution in [-0.4, -0.2) is 9.97 Å². The van der Waals surface area contributed by atoms with Crippen molar-refractivity contribution in [1.29, 1.82) is 0 Å². The van der Waals surface area contributed by atoms with E-state index in [1.54, 1.807) is 30.6 Å². The topological polar surface area (TPSA) is 51.8 Å². The Morgan fingerprint density at radius 3 is 2.53 bits per heavy atom. The van der Waals surface area contributed by atoms with Gasteiger partial charge in [-0.3, -0.25) is 0 Å². The van der Waals surface area contributed by atoms with Crippen molar-refractivity contribution in [2.45, 2.75) is 17.5 Å². The first kappa shape index (κ1) is 12.0. The van der Waals surface area contributed by atoms with Crippen LogP contribution >= 0.6 is 11.8 Å². The highest BCUT2D eigenvalue weighted by molar-refractivity contribution is 7.98. The maximum atomic E-state index is 13.8. The monoisotopic (exact) mass is 249 g/mol. The third kappa shape index (κ3) is 3.01. The Morgan fingerprint density at radius 1 is 1.12 bits per heavy atom. The first-order chi connectivity index (χ1) is 8.31. The van der Waals surface area contributed by atoms with Crippen molar-refractivity contribution in [3.8, 4) is 0 Å². The molecule has 0 saturated carbocycles. The van der Waals surface area contributed by atoms with E-state index < -0.39 is 0 Å². The van der Waals surface area contributed by atoms with E-state index in [-0.39, 0.29) is 12.4 Å². The van der Waals surface area contributed by atoms with Gasteiger partial charge in [0, 0.05) is 30.3 Å². The average Bonchev–Trinajstić information content (AvgIpc) is 2.39. The summed E-state index contributed by atoms with van der Waals surface area (Å²) in [6, 6.07) is 7.01. The van der Waals surface area contributed by atoms with Crippen LogP contribution in [0.4, 0.5) is 4.39 Å². The second-order valence-electron chi connectivity index (χ2n) is 3.41. The molecule has 0 aliphatic rings. The lowest BCUT2D eigenvalue weighted by Crippen LogP contribution is -2.02. The van der Waals surface area contributed by atoms with Crippen molar-refractivity contribution in [3.63, 3.8) is 0 Å². The largest absolute Gasteiger partial charge is 0.326 e. The third-order valence-electron chi connectivity index (χ3n) is 2.28. The molecule has 88 valence electrons. The highest BCUT2D eigenvalue weighted by Crippen LogP contribution is 2.22. The zero-order valence-corrected chi connectivity index (χ0v) is 9.95. The van der Waals surface area contributed by atoms with E-state index in [0.29, 0.717) is 22.0 Å². The summed E-state index contributed by atoms with van der Waals surface area (Å²) in [5.74, 6) is 0.280. The number of hydrogen-bond acceptors (Lipinski definition) is 4. The maximum absolute atomic E-state index is 13.8. The number of nitrogens with two attached hydrogens (primary N) is 1. The minimum Gasteiger partial charge on any atom is -0.326 e. The van der Waals surface area contributed by atoms with Gasteiger partial charge in [0.05, 0.1) is 0 Å². The van der Waals surface area contributed by atoms with E-state index in [0.717, 1.165) is 0 Å². The summed E-state index contributed by atoms with van der Waals surface area (Å²) >= 11 is 1.40. The lowest BCUT2D eigenvalue weighted by molar-refractivity contribution is 0.600. The predicted octanol–water partition coefficient (Wildman–Crippen LogP) is 2.37. The first-order valence-corrected chi connectivity index (χ1v) is 6.16. The average molecular weight is 249 g/mol. The molecule has 0 spiro atoms. The Labute approximate surface area is 103 Å². The van der Waals surface area contributed by atoms with Gasteiger partial charge in [0.15, 0.2) is 5.16 Å². The number of thioether (sulfide) groups is 1. The molecule has 2 N–H and O–H groups in total. The lowest BCUT2D eigenvalue weighted by Gasteiger charge is -2.05. The highest BCUT2D eigenvalue weighted by atomic mass is 32.2. The van der Waals surface area contributed by atoms with Gasteiger partial charge in [0.25, 0.3) is 0 Å². The molecule has 1 heterocycles. The van der Waals surface area contributed by atoms with Crippen LogP contribution in [0.15, 0.2) is 41.8 Å². The van der Waals surface area contributed by atoms with Crippen molar-refractivity contribution < 1.29 is 4.39 Å². The van der Waals surface area contributed by atoms with Crippen LogP contribution in [0.3, 0.4) is 0 Å². The van der Waals surface area contributed by atoms with Gasteiger partial charge in [-0.25, -0.2) is 14.4 Å². The standard InChI is InChI=1S/C12H12FN3S/c13-11-9(7-14)3-1-4-10(11)8-17-12-15-5-2-6-16-12/h1-6H,7-8,14H2. The molecule has 0 unspecified atom stereocenters. The van der Waals surface area contributed by atoms with E-state index in [2.05, 4.69) is 9.97 Å². The summed E-state index contributed by atoms with van der Waals surface area (Å²) in [5.41, 5.74) is 6.62. The second-order valence-corrected chi connectivity index (χ2v) is 4.36. The fourth-order valence-corrected chi connectivity index (χ4v) is 2.18. The molecule has 17 heavy (non-hydrogen) atoms. The third-order valence-corrected chi connectivity index (χ3v) is 3.20. The molecule has 2 rings (SSSR count). The lowest BCUT2D eigenvalue weighted by atomic mass is 10.1. The van der Waals surface area contributed by atoms with Crippen LogP contribution in [0.5, 0.6) is 0 Å². The minimum atomic E-state index is -0.224. The molecule has 0 fully saturated rings. The normalized spacial score (nSPS) is 10.5. The summed E-state index contributed by atoms with van der Waals surface area (Å²) in [6.07, 6.45) is 3.34. The Balaban J connectivity index is 2.09. The summed E-state index contributed by atoms with van der Waals surface area (Å²) in [6.45, 7) is 0.214. The molecule has 0 amide bonds. The Morgan fingerprint density at radius 2 is 1.82 bits per heavy atom. The zero-order chi connectivity index (χ0) is 12.1. The zero-order valence-electron chi connectivity index (χ0n) is 9.14. The van der Waals surface area contributed by atoms with E-state index in [9.17, 15) is 4.39 Å². The van der Waals surface area contributed by atoms with Crippen molar-refractivity contribution in [2.75, 3.05) is 0 Å². The SMILES string of the molecule is NCc1cccc(CSc2ncccn2)c1F. The molecule has 2 aromatic rings. The second kappa shape index (κ2) is 5.75.